The summed E-state index contributed by atoms with van der Waals surface area (Å²) in [4.78, 5) is 9.98. The molecule has 0 aromatic rings. The lowest BCUT2D eigenvalue weighted by Crippen LogP contribution is -2.04. The van der Waals surface area contributed by atoms with Gasteiger partial charge in [0.15, 0.2) is 0 Å². The highest BCUT2D eigenvalue weighted by atomic mass is 16.5. The Morgan fingerprint density at radius 2 is 2.30 bits per heavy atom. The molecule has 0 saturated heterocycles. The average molecular weight is 144 g/mol. The van der Waals surface area contributed by atoms with Crippen molar-refractivity contribution in [2.45, 2.75) is 19.3 Å². The molecule has 0 spiro atoms. The maximum atomic E-state index is 9.98. The highest BCUT2D eigenvalue weighted by Gasteiger charge is 2.20. The highest BCUT2D eigenvalue weighted by molar-refractivity contribution is 5.66. The first kappa shape index (κ1) is 7.54. The minimum absolute atomic E-state index is 0.132. The van der Waals surface area contributed by atoms with Gasteiger partial charge >= 0.3 is 5.97 Å². The fraction of sp³-hybridized carbons (Fsp3) is 0.857. The third kappa shape index (κ3) is 3.45. The van der Waals surface area contributed by atoms with Gasteiger partial charge in [0.1, 0.15) is 0 Å². The van der Waals surface area contributed by atoms with Crippen molar-refractivity contribution in [3.8, 4) is 0 Å². The van der Waals surface area contributed by atoms with Crippen molar-refractivity contribution in [2.75, 3.05) is 13.2 Å². The number of ether oxygens (including phenoxy) is 1. The molecule has 1 rings (SSSR count). The van der Waals surface area contributed by atoms with Crippen LogP contribution in [-0.4, -0.2) is 24.3 Å². The lowest BCUT2D eigenvalue weighted by Gasteiger charge is -1.98. The molecule has 0 bridgehead atoms. The zero-order chi connectivity index (χ0) is 7.40. The quantitative estimate of drug-likeness (QED) is 0.583. The molecule has 0 aliphatic heterocycles. The molecule has 0 heterocycles. The third-order valence-electron chi connectivity index (χ3n) is 1.51. The largest absolute Gasteiger partial charge is 0.481 e. The second kappa shape index (κ2) is 3.56. The van der Waals surface area contributed by atoms with Crippen LogP contribution in [0.15, 0.2) is 0 Å². The van der Waals surface area contributed by atoms with Crippen LogP contribution in [0.4, 0.5) is 0 Å². The van der Waals surface area contributed by atoms with Gasteiger partial charge in [-0.05, 0) is 18.8 Å². The van der Waals surface area contributed by atoms with Crippen molar-refractivity contribution in [2.24, 2.45) is 5.92 Å². The Kier molecular flexibility index (Phi) is 2.68. The van der Waals surface area contributed by atoms with E-state index in [-0.39, 0.29) is 6.42 Å². The Hall–Kier alpha value is -0.570. The molecule has 1 aliphatic rings. The first-order chi connectivity index (χ1) is 4.79. The summed E-state index contributed by atoms with van der Waals surface area (Å²) in [5.74, 6) is -0.0513. The lowest BCUT2D eigenvalue weighted by atomic mass is 10.4. The van der Waals surface area contributed by atoms with Gasteiger partial charge in [-0.3, -0.25) is 4.79 Å². The van der Waals surface area contributed by atoms with E-state index in [1.807, 2.05) is 0 Å². The lowest BCUT2D eigenvalue weighted by molar-refractivity contribution is -0.138. The summed E-state index contributed by atoms with van der Waals surface area (Å²) in [6, 6.07) is 0. The number of hydrogen-bond acceptors (Lipinski definition) is 2. The average Bonchev–Trinajstić information content (AvgIpc) is 2.62. The van der Waals surface area contributed by atoms with Crippen molar-refractivity contribution in [3.05, 3.63) is 0 Å². The first-order valence-corrected chi connectivity index (χ1v) is 3.58. The van der Waals surface area contributed by atoms with Gasteiger partial charge in [-0.1, -0.05) is 0 Å². The van der Waals surface area contributed by atoms with Gasteiger partial charge in [0.2, 0.25) is 0 Å². The number of hydrogen-bond donors (Lipinski definition) is 1. The molecule has 10 heavy (non-hydrogen) atoms. The molecule has 1 aliphatic carbocycles. The van der Waals surface area contributed by atoms with Crippen molar-refractivity contribution in [3.63, 3.8) is 0 Å². The van der Waals surface area contributed by atoms with E-state index in [0.717, 1.165) is 12.5 Å². The first-order valence-electron chi connectivity index (χ1n) is 3.58. The molecule has 1 saturated carbocycles. The Labute approximate surface area is 60.0 Å². The number of carbonyl (C=O) groups is 1. The van der Waals surface area contributed by atoms with E-state index in [4.69, 9.17) is 9.84 Å². The Bertz CT molecular complexity index is 118. The van der Waals surface area contributed by atoms with Crippen molar-refractivity contribution >= 4 is 5.97 Å². The van der Waals surface area contributed by atoms with E-state index in [1.165, 1.54) is 12.8 Å². The van der Waals surface area contributed by atoms with Crippen LogP contribution in [0.25, 0.3) is 0 Å². The molecule has 0 amide bonds. The standard InChI is InChI=1S/C7H12O3/c8-7(9)3-4-10-5-6-1-2-6/h6H,1-5H2,(H,8,9). The fourth-order valence-electron chi connectivity index (χ4n) is 0.694. The molecule has 1 fully saturated rings. The Morgan fingerprint density at radius 3 is 2.80 bits per heavy atom. The molecular formula is C7H12O3. The predicted octanol–water partition coefficient (Wildman–Crippen LogP) is 0.888. The molecule has 3 heteroatoms. The molecule has 0 radical (unpaired) electrons. The summed E-state index contributed by atoms with van der Waals surface area (Å²) in [5.41, 5.74) is 0. The predicted molar refractivity (Wildman–Crippen MR) is 35.8 cm³/mol. The minimum atomic E-state index is -0.782. The molecule has 58 valence electrons. The maximum Gasteiger partial charge on any atom is 0.305 e. The van der Waals surface area contributed by atoms with Crippen LogP contribution in [0.2, 0.25) is 0 Å². The fourth-order valence-corrected chi connectivity index (χ4v) is 0.694. The highest BCUT2D eigenvalue weighted by Crippen LogP contribution is 2.28. The number of rotatable bonds is 5. The van der Waals surface area contributed by atoms with Crippen LogP contribution in [0.3, 0.4) is 0 Å². The summed E-state index contributed by atoms with van der Waals surface area (Å²) in [7, 11) is 0. The topological polar surface area (TPSA) is 46.5 Å². The van der Waals surface area contributed by atoms with Crippen molar-refractivity contribution in [1.29, 1.82) is 0 Å². The van der Waals surface area contributed by atoms with E-state index >= 15 is 0 Å². The van der Waals surface area contributed by atoms with Crippen LogP contribution in [0, 0.1) is 5.92 Å². The van der Waals surface area contributed by atoms with Gasteiger partial charge in [0, 0.05) is 6.61 Å². The maximum absolute atomic E-state index is 9.98. The number of carboxylic acid groups (broad SMARTS) is 1. The van der Waals surface area contributed by atoms with E-state index in [1.54, 1.807) is 0 Å². The summed E-state index contributed by atoms with van der Waals surface area (Å²) in [5, 5.41) is 8.21. The Morgan fingerprint density at radius 1 is 1.60 bits per heavy atom. The van der Waals surface area contributed by atoms with Crippen molar-refractivity contribution in [1.82, 2.24) is 0 Å². The van der Waals surface area contributed by atoms with Crippen LogP contribution in [0.1, 0.15) is 19.3 Å². The van der Waals surface area contributed by atoms with E-state index < -0.39 is 5.97 Å². The SMILES string of the molecule is O=C(O)CCOCC1CC1. The van der Waals surface area contributed by atoms with Crippen LogP contribution < -0.4 is 0 Å². The molecule has 0 atom stereocenters. The van der Waals surface area contributed by atoms with Crippen LogP contribution in [-0.2, 0) is 9.53 Å². The monoisotopic (exact) mass is 144 g/mol. The molecule has 0 aromatic carbocycles. The van der Waals surface area contributed by atoms with Crippen molar-refractivity contribution < 1.29 is 14.6 Å². The smallest absolute Gasteiger partial charge is 0.305 e. The van der Waals surface area contributed by atoms with Gasteiger partial charge in [0.25, 0.3) is 0 Å². The van der Waals surface area contributed by atoms with E-state index in [9.17, 15) is 4.79 Å². The molecular weight excluding hydrogens is 132 g/mol. The zero-order valence-corrected chi connectivity index (χ0v) is 5.88. The molecule has 0 aromatic heterocycles. The van der Waals surface area contributed by atoms with Crippen LogP contribution in [0.5, 0.6) is 0 Å². The number of aliphatic carboxylic acids is 1. The zero-order valence-electron chi connectivity index (χ0n) is 5.88. The molecule has 1 N–H and O–H groups in total. The minimum Gasteiger partial charge on any atom is -0.481 e. The van der Waals surface area contributed by atoms with E-state index in [0.29, 0.717) is 6.61 Å². The van der Waals surface area contributed by atoms with Gasteiger partial charge in [-0.2, -0.15) is 0 Å². The Balaban J connectivity index is 1.80. The van der Waals surface area contributed by atoms with Gasteiger partial charge in [-0.25, -0.2) is 0 Å². The second-order valence-corrected chi connectivity index (χ2v) is 2.66. The summed E-state index contributed by atoms with van der Waals surface area (Å²) >= 11 is 0. The summed E-state index contributed by atoms with van der Waals surface area (Å²) in [6.07, 6.45) is 2.65. The summed E-state index contributed by atoms with van der Waals surface area (Å²) in [6.45, 7) is 1.12. The van der Waals surface area contributed by atoms with Gasteiger partial charge < -0.3 is 9.84 Å². The third-order valence-corrected chi connectivity index (χ3v) is 1.51. The van der Waals surface area contributed by atoms with Gasteiger partial charge in [-0.15, -0.1) is 0 Å². The molecule has 3 nitrogen and oxygen atoms in total. The van der Waals surface area contributed by atoms with E-state index in [2.05, 4.69) is 0 Å². The number of carboxylic acids is 1. The van der Waals surface area contributed by atoms with Crippen LogP contribution >= 0.6 is 0 Å². The second-order valence-electron chi connectivity index (χ2n) is 2.66. The summed E-state index contributed by atoms with van der Waals surface area (Å²) < 4.78 is 5.09. The normalized spacial score (nSPS) is 17.2. The van der Waals surface area contributed by atoms with Gasteiger partial charge in [0.05, 0.1) is 13.0 Å². The molecule has 0 unspecified atom stereocenters.